The van der Waals surface area contributed by atoms with E-state index in [2.05, 4.69) is 10.3 Å². The van der Waals surface area contributed by atoms with Gasteiger partial charge in [-0.2, -0.15) is 0 Å². The molecule has 0 saturated heterocycles. The van der Waals surface area contributed by atoms with E-state index < -0.39 is 17.7 Å². The summed E-state index contributed by atoms with van der Waals surface area (Å²) in [6.45, 7) is 0. The molecule has 0 bridgehead atoms. The van der Waals surface area contributed by atoms with Gasteiger partial charge in [0.2, 0.25) is 5.91 Å². The highest BCUT2D eigenvalue weighted by Crippen LogP contribution is 2.31. The van der Waals surface area contributed by atoms with E-state index in [1.165, 1.54) is 14.2 Å². The summed E-state index contributed by atoms with van der Waals surface area (Å²) in [5, 5.41) is 2.40. The smallest absolute Gasteiger partial charge is 0.264 e. The molecule has 6 nitrogen and oxygen atoms in total. The third-order valence-electron chi connectivity index (χ3n) is 2.65. The number of aliphatic imine (C=N–C) groups is 1. The Morgan fingerprint density at radius 2 is 1.89 bits per heavy atom. The first-order valence-electron chi connectivity index (χ1n) is 5.26. The Hall–Kier alpha value is -2.37. The zero-order chi connectivity index (χ0) is 13.1. The molecular formula is C12H12N2O4. The van der Waals surface area contributed by atoms with Gasteiger partial charge in [-0.3, -0.25) is 9.59 Å². The van der Waals surface area contributed by atoms with Gasteiger partial charge in [-0.25, -0.2) is 4.99 Å². The molecule has 0 saturated carbocycles. The Kier molecular flexibility index (Phi) is 3.27. The number of amides is 2. The van der Waals surface area contributed by atoms with E-state index in [0.29, 0.717) is 17.1 Å². The molecule has 2 rings (SSSR count). The Balaban J connectivity index is 2.42. The first-order chi connectivity index (χ1) is 8.67. The monoisotopic (exact) mass is 248 g/mol. The number of hydrogen-bond acceptors (Lipinski definition) is 4. The van der Waals surface area contributed by atoms with Crippen molar-refractivity contribution in [1.29, 1.82) is 0 Å². The molecule has 1 heterocycles. The van der Waals surface area contributed by atoms with Crippen molar-refractivity contribution in [3.05, 3.63) is 23.8 Å². The van der Waals surface area contributed by atoms with Crippen molar-refractivity contribution in [2.24, 2.45) is 4.99 Å². The average molecular weight is 248 g/mol. The SMILES string of the molecule is COc1ccc(C2C(=O)N=CNC2=O)cc1OC. The zero-order valence-electron chi connectivity index (χ0n) is 9.97. The molecule has 1 unspecified atom stereocenters. The summed E-state index contributed by atoms with van der Waals surface area (Å²) < 4.78 is 10.2. The summed E-state index contributed by atoms with van der Waals surface area (Å²) >= 11 is 0. The van der Waals surface area contributed by atoms with Crippen LogP contribution in [0.3, 0.4) is 0 Å². The number of carbonyl (C=O) groups is 2. The molecule has 0 radical (unpaired) electrons. The van der Waals surface area contributed by atoms with Gasteiger partial charge in [-0.1, -0.05) is 6.07 Å². The van der Waals surface area contributed by atoms with Crippen LogP contribution in [0.2, 0.25) is 0 Å². The van der Waals surface area contributed by atoms with Crippen molar-refractivity contribution in [1.82, 2.24) is 5.32 Å². The first-order valence-corrected chi connectivity index (χ1v) is 5.26. The largest absolute Gasteiger partial charge is 0.493 e. The molecule has 0 spiro atoms. The number of rotatable bonds is 3. The van der Waals surface area contributed by atoms with Crippen molar-refractivity contribution in [3.63, 3.8) is 0 Å². The van der Waals surface area contributed by atoms with Crippen LogP contribution in [0.25, 0.3) is 0 Å². The lowest BCUT2D eigenvalue weighted by molar-refractivity contribution is -0.129. The summed E-state index contributed by atoms with van der Waals surface area (Å²) in [5.41, 5.74) is 0.520. The fourth-order valence-electron chi connectivity index (χ4n) is 1.76. The average Bonchev–Trinajstić information content (AvgIpc) is 2.38. The maximum atomic E-state index is 11.7. The van der Waals surface area contributed by atoms with Gasteiger partial charge >= 0.3 is 0 Å². The van der Waals surface area contributed by atoms with E-state index in [-0.39, 0.29) is 0 Å². The molecule has 1 aliphatic rings. The van der Waals surface area contributed by atoms with Crippen LogP contribution < -0.4 is 14.8 Å². The second kappa shape index (κ2) is 4.87. The minimum absolute atomic E-state index is 0.401. The summed E-state index contributed by atoms with van der Waals surface area (Å²) in [6, 6.07) is 4.89. The van der Waals surface area contributed by atoms with E-state index >= 15 is 0 Å². The van der Waals surface area contributed by atoms with E-state index in [4.69, 9.17) is 9.47 Å². The molecule has 1 aromatic carbocycles. The molecule has 1 N–H and O–H groups in total. The predicted molar refractivity (Wildman–Crippen MR) is 63.9 cm³/mol. The van der Waals surface area contributed by atoms with Crippen LogP contribution in [0.5, 0.6) is 11.5 Å². The standard InChI is InChI=1S/C12H12N2O4/c1-17-8-4-3-7(5-9(8)18-2)10-11(15)13-6-14-12(10)16/h3-6,10H,1-2H3,(H,13,14,15,16). The van der Waals surface area contributed by atoms with Crippen molar-refractivity contribution < 1.29 is 19.1 Å². The van der Waals surface area contributed by atoms with Crippen LogP contribution in [0, 0.1) is 0 Å². The van der Waals surface area contributed by atoms with Crippen LogP contribution in [0.4, 0.5) is 0 Å². The van der Waals surface area contributed by atoms with Crippen molar-refractivity contribution in [3.8, 4) is 11.5 Å². The van der Waals surface area contributed by atoms with Crippen LogP contribution in [0.15, 0.2) is 23.2 Å². The lowest BCUT2D eigenvalue weighted by Crippen LogP contribution is -2.36. The summed E-state index contributed by atoms with van der Waals surface area (Å²) in [6.07, 6.45) is 1.10. The molecule has 2 amide bonds. The quantitative estimate of drug-likeness (QED) is 0.789. The first kappa shape index (κ1) is 12.1. The minimum atomic E-state index is -0.935. The molecule has 6 heteroatoms. The molecular weight excluding hydrogens is 236 g/mol. The molecule has 0 fully saturated rings. The normalized spacial score (nSPS) is 18.4. The molecule has 94 valence electrons. The maximum absolute atomic E-state index is 11.7. The number of carbonyl (C=O) groups excluding carboxylic acids is 2. The van der Waals surface area contributed by atoms with Crippen LogP contribution in [0.1, 0.15) is 11.5 Å². The minimum Gasteiger partial charge on any atom is -0.493 e. The van der Waals surface area contributed by atoms with Gasteiger partial charge in [-0.05, 0) is 17.7 Å². The Labute approximate surface area is 104 Å². The van der Waals surface area contributed by atoms with Gasteiger partial charge in [0.15, 0.2) is 11.5 Å². The van der Waals surface area contributed by atoms with E-state index in [1.807, 2.05) is 0 Å². The summed E-state index contributed by atoms with van der Waals surface area (Å²) in [7, 11) is 3.00. The van der Waals surface area contributed by atoms with E-state index in [0.717, 1.165) is 6.34 Å². The number of nitrogens with zero attached hydrogens (tertiary/aromatic N) is 1. The molecule has 18 heavy (non-hydrogen) atoms. The number of nitrogens with one attached hydrogen (secondary N) is 1. The molecule has 1 aliphatic heterocycles. The van der Waals surface area contributed by atoms with Gasteiger partial charge < -0.3 is 14.8 Å². The van der Waals surface area contributed by atoms with Gasteiger partial charge in [0.25, 0.3) is 5.91 Å². The third-order valence-corrected chi connectivity index (χ3v) is 2.65. The lowest BCUT2D eigenvalue weighted by atomic mass is 9.96. The molecule has 1 aromatic rings. The predicted octanol–water partition coefficient (Wildman–Crippen LogP) is 0.472. The topological polar surface area (TPSA) is 77.0 Å². The van der Waals surface area contributed by atoms with Gasteiger partial charge in [0.05, 0.1) is 20.6 Å². The third kappa shape index (κ3) is 2.04. The zero-order valence-corrected chi connectivity index (χ0v) is 9.97. The molecule has 0 aliphatic carbocycles. The molecule has 1 atom stereocenters. The Morgan fingerprint density at radius 1 is 1.17 bits per heavy atom. The lowest BCUT2D eigenvalue weighted by Gasteiger charge is -2.17. The number of ether oxygens (including phenoxy) is 2. The number of methoxy groups -OCH3 is 2. The van der Waals surface area contributed by atoms with Crippen LogP contribution in [-0.2, 0) is 9.59 Å². The van der Waals surface area contributed by atoms with Gasteiger partial charge in [-0.15, -0.1) is 0 Å². The highest BCUT2D eigenvalue weighted by molar-refractivity contribution is 6.14. The fraction of sp³-hybridized carbons (Fsp3) is 0.250. The fourth-order valence-corrected chi connectivity index (χ4v) is 1.76. The maximum Gasteiger partial charge on any atom is 0.264 e. The van der Waals surface area contributed by atoms with Crippen LogP contribution in [-0.4, -0.2) is 32.4 Å². The van der Waals surface area contributed by atoms with Crippen molar-refractivity contribution in [2.75, 3.05) is 14.2 Å². The Bertz CT molecular complexity index is 525. The highest BCUT2D eigenvalue weighted by atomic mass is 16.5. The second-order valence-corrected chi connectivity index (χ2v) is 3.65. The van der Waals surface area contributed by atoms with Crippen molar-refractivity contribution >= 4 is 18.2 Å². The van der Waals surface area contributed by atoms with E-state index in [9.17, 15) is 9.59 Å². The van der Waals surface area contributed by atoms with Gasteiger partial charge in [0, 0.05) is 0 Å². The van der Waals surface area contributed by atoms with Gasteiger partial charge in [0.1, 0.15) is 5.92 Å². The second-order valence-electron chi connectivity index (χ2n) is 3.65. The molecule has 0 aromatic heterocycles. The summed E-state index contributed by atoms with van der Waals surface area (Å²) in [5.74, 6) is -0.832. The van der Waals surface area contributed by atoms with E-state index in [1.54, 1.807) is 18.2 Å². The Morgan fingerprint density at radius 3 is 2.50 bits per heavy atom. The highest BCUT2D eigenvalue weighted by Gasteiger charge is 2.31. The van der Waals surface area contributed by atoms with Crippen molar-refractivity contribution in [2.45, 2.75) is 5.92 Å². The summed E-state index contributed by atoms with van der Waals surface area (Å²) in [4.78, 5) is 26.9. The van der Waals surface area contributed by atoms with Crippen LogP contribution >= 0.6 is 0 Å². The number of hydrogen-bond donors (Lipinski definition) is 1. The number of benzene rings is 1.